The molecule has 2 aliphatic heterocycles. The molecule has 8 heteroatoms. The third-order valence-electron chi connectivity index (χ3n) is 8.34. The molecule has 3 heterocycles. The van der Waals surface area contributed by atoms with Gasteiger partial charge >= 0.3 is 0 Å². The summed E-state index contributed by atoms with van der Waals surface area (Å²) in [6.07, 6.45) is 5.38. The Hall–Kier alpha value is -2.93. The van der Waals surface area contributed by atoms with Crippen molar-refractivity contribution in [3.63, 3.8) is 0 Å². The van der Waals surface area contributed by atoms with Gasteiger partial charge in [0.1, 0.15) is 11.6 Å². The normalized spacial score (nSPS) is 18.5. The Bertz CT molecular complexity index is 1510. The Kier molecular flexibility index (Phi) is 7.36. The van der Waals surface area contributed by atoms with Crippen molar-refractivity contribution in [1.29, 1.82) is 0 Å². The summed E-state index contributed by atoms with van der Waals surface area (Å²) in [6.45, 7) is 3.21. The van der Waals surface area contributed by atoms with Crippen LogP contribution < -0.4 is 0 Å². The second kappa shape index (κ2) is 10.9. The molecule has 1 fully saturated rings. The Morgan fingerprint density at radius 1 is 0.923 bits per heavy atom. The van der Waals surface area contributed by atoms with E-state index in [0.29, 0.717) is 34.5 Å². The number of fused-ring (bicyclic) bond motifs is 2. The zero-order valence-corrected chi connectivity index (χ0v) is 22.9. The molecule has 0 bridgehead atoms. The number of hydrogen-bond donors (Lipinski definition) is 1. The maximum absolute atomic E-state index is 13.9. The van der Waals surface area contributed by atoms with Gasteiger partial charge in [-0.3, -0.25) is 4.79 Å². The number of piperidine rings is 1. The van der Waals surface area contributed by atoms with Crippen LogP contribution in [0.4, 0.5) is 8.78 Å². The van der Waals surface area contributed by atoms with E-state index in [1.807, 2.05) is 17.2 Å². The van der Waals surface area contributed by atoms with Crippen molar-refractivity contribution < 1.29 is 13.6 Å². The Morgan fingerprint density at radius 3 is 2.44 bits per heavy atom. The lowest BCUT2D eigenvalue weighted by atomic mass is 9.88. The van der Waals surface area contributed by atoms with Crippen molar-refractivity contribution in [1.82, 2.24) is 14.8 Å². The quantitative estimate of drug-likeness (QED) is 0.267. The number of nitrogens with one attached hydrogen (secondary N) is 1. The van der Waals surface area contributed by atoms with Crippen LogP contribution >= 0.6 is 23.2 Å². The minimum absolute atomic E-state index is 0.109. The smallest absolute Gasteiger partial charge is 0.254 e. The van der Waals surface area contributed by atoms with Crippen molar-refractivity contribution >= 4 is 40.0 Å². The van der Waals surface area contributed by atoms with Crippen molar-refractivity contribution in [3.05, 3.63) is 105 Å². The van der Waals surface area contributed by atoms with Gasteiger partial charge in [0, 0.05) is 35.8 Å². The van der Waals surface area contributed by atoms with Gasteiger partial charge in [0.25, 0.3) is 5.91 Å². The third kappa shape index (κ3) is 5.18. The first kappa shape index (κ1) is 26.3. The van der Waals surface area contributed by atoms with E-state index in [2.05, 4.69) is 9.88 Å². The molecule has 0 saturated carbocycles. The number of rotatable bonds is 5. The van der Waals surface area contributed by atoms with Gasteiger partial charge in [-0.25, -0.2) is 8.78 Å². The third-order valence-corrected chi connectivity index (χ3v) is 9.19. The average molecular weight is 568 g/mol. The topological polar surface area (TPSA) is 39.3 Å². The van der Waals surface area contributed by atoms with Crippen LogP contribution in [0.5, 0.6) is 0 Å². The van der Waals surface area contributed by atoms with E-state index in [-0.39, 0.29) is 23.6 Å². The minimum Gasteiger partial charge on any atom is -0.361 e. The lowest BCUT2D eigenvalue weighted by molar-refractivity contribution is 0.0630. The number of amides is 1. The van der Waals surface area contributed by atoms with Gasteiger partial charge in [-0.05, 0) is 110 Å². The molecule has 4 aromatic rings. The molecular formula is C31H29Cl2F2N3O. The van der Waals surface area contributed by atoms with E-state index in [1.54, 1.807) is 30.3 Å². The second-order valence-electron chi connectivity index (χ2n) is 10.5. The fourth-order valence-electron chi connectivity index (χ4n) is 6.27. The molecular weight excluding hydrogens is 539 g/mol. The number of hydrogen-bond acceptors (Lipinski definition) is 2. The van der Waals surface area contributed by atoms with Crippen LogP contribution in [0.1, 0.15) is 58.3 Å². The van der Waals surface area contributed by atoms with Gasteiger partial charge in [0.15, 0.2) is 0 Å². The van der Waals surface area contributed by atoms with E-state index >= 15 is 0 Å². The zero-order chi connectivity index (χ0) is 27.1. The van der Waals surface area contributed by atoms with E-state index in [1.165, 1.54) is 23.8 Å². The molecule has 1 unspecified atom stereocenters. The van der Waals surface area contributed by atoms with Gasteiger partial charge in [0.2, 0.25) is 0 Å². The van der Waals surface area contributed by atoms with Crippen LogP contribution in [0.2, 0.25) is 10.0 Å². The van der Waals surface area contributed by atoms with Gasteiger partial charge in [0.05, 0.1) is 16.1 Å². The molecule has 1 N–H and O–H groups in total. The van der Waals surface area contributed by atoms with E-state index in [9.17, 15) is 13.6 Å². The van der Waals surface area contributed by atoms with Gasteiger partial charge in [-0.1, -0.05) is 29.3 Å². The molecule has 0 aliphatic carbocycles. The average Bonchev–Trinajstić information content (AvgIpc) is 3.37. The zero-order valence-electron chi connectivity index (χ0n) is 21.4. The SMILES string of the molecule is O=C(c1ccc(F)cc1)N1CCc2c(ccc(Cl)c2Cl)C1CCN1CCC(c2c[nH]c3ccc(F)cc23)CC1. The lowest BCUT2D eigenvalue weighted by Gasteiger charge is -2.40. The summed E-state index contributed by atoms with van der Waals surface area (Å²) in [5, 5.41) is 2.05. The molecule has 0 radical (unpaired) electrons. The highest BCUT2D eigenvalue weighted by Gasteiger charge is 2.33. The minimum atomic E-state index is -0.366. The standard InChI is InChI=1S/C31H29Cl2F2N3O/c32-27-7-6-23-24(30(27)33)11-16-38(31(39)20-1-3-21(34)4-2-20)29(23)12-15-37-13-9-19(10-14-37)26-18-36-28-8-5-22(35)17-25(26)28/h1-8,17-19,29,36H,9-16H2. The number of carbonyl (C=O) groups excluding carboxylic acids is 1. The highest BCUT2D eigenvalue weighted by molar-refractivity contribution is 6.42. The van der Waals surface area contributed by atoms with Crippen LogP contribution in [0.15, 0.2) is 60.8 Å². The summed E-state index contributed by atoms with van der Waals surface area (Å²) in [5.74, 6) is -0.309. The number of aromatic nitrogens is 1. The van der Waals surface area contributed by atoms with Crippen LogP contribution in [0.3, 0.4) is 0 Å². The first-order valence-electron chi connectivity index (χ1n) is 13.4. The first-order chi connectivity index (χ1) is 18.9. The van der Waals surface area contributed by atoms with Crippen LogP contribution in [-0.2, 0) is 6.42 Å². The Morgan fingerprint density at radius 2 is 1.67 bits per heavy atom. The molecule has 1 aromatic heterocycles. The van der Waals surface area contributed by atoms with Gasteiger partial charge in [-0.2, -0.15) is 0 Å². The number of benzene rings is 3. The fourth-order valence-corrected chi connectivity index (χ4v) is 6.71. The first-order valence-corrected chi connectivity index (χ1v) is 14.2. The summed E-state index contributed by atoms with van der Waals surface area (Å²) < 4.78 is 27.4. The number of aromatic amines is 1. The molecule has 39 heavy (non-hydrogen) atoms. The molecule has 1 atom stereocenters. The lowest BCUT2D eigenvalue weighted by Crippen LogP contribution is -2.42. The number of H-pyrrole nitrogens is 1. The number of carbonyl (C=O) groups is 1. The number of nitrogens with zero attached hydrogens (tertiary/aromatic N) is 2. The van der Waals surface area contributed by atoms with Crippen molar-refractivity contribution in [2.75, 3.05) is 26.2 Å². The molecule has 0 spiro atoms. The summed E-state index contributed by atoms with van der Waals surface area (Å²) >= 11 is 12.9. The Labute approximate surface area is 236 Å². The molecule has 202 valence electrons. The number of halogens is 4. The van der Waals surface area contributed by atoms with Crippen LogP contribution in [-0.4, -0.2) is 46.9 Å². The second-order valence-corrected chi connectivity index (χ2v) is 11.3. The van der Waals surface area contributed by atoms with Crippen molar-refractivity contribution in [3.8, 4) is 0 Å². The van der Waals surface area contributed by atoms with E-state index < -0.39 is 0 Å². The van der Waals surface area contributed by atoms with Crippen molar-refractivity contribution in [2.45, 2.75) is 37.6 Å². The maximum Gasteiger partial charge on any atom is 0.254 e. The number of likely N-dealkylation sites (tertiary alicyclic amines) is 1. The highest BCUT2D eigenvalue weighted by atomic mass is 35.5. The van der Waals surface area contributed by atoms with E-state index in [0.717, 1.165) is 60.9 Å². The molecule has 1 amide bonds. The summed E-state index contributed by atoms with van der Waals surface area (Å²) in [4.78, 5) is 21.2. The van der Waals surface area contributed by atoms with Crippen LogP contribution in [0.25, 0.3) is 10.9 Å². The van der Waals surface area contributed by atoms with Crippen molar-refractivity contribution in [2.24, 2.45) is 0 Å². The molecule has 1 saturated heterocycles. The summed E-state index contributed by atoms with van der Waals surface area (Å²) in [7, 11) is 0. The predicted octanol–water partition coefficient (Wildman–Crippen LogP) is 7.76. The summed E-state index contributed by atoms with van der Waals surface area (Å²) in [5.41, 5.74) is 4.66. The fraction of sp³-hybridized carbons (Fsp3) is 0.323. The molecule has 4 nitrogen and oxygen atoms in total. The Balaban J connectivity index is 1.18. The van der Waals surface area contributed by atoms with Gasteiger partial charge in [-0.15, -0.1) is 0 Å². The molecule has 6 rings (SSSR count). The predicted molar refractivity (Wildman–Crippen MR) is 152 cm³/mol. The monoisotopic (exact) mass is 567 g/mol. The largest absolute Gasteiger partial charge is 0.361 e. The maximum atomic E-state index is 13.9. The van der Waals surface area contributed by atoms with Gasteiger partial charge < -0.3 is 14.8 Å². The van der Waals surface area contributed by atoms with E-state index in [4.69, 9.17) is 23.2 Å². The molecule has 3 aromatic carbocycles. The summed E-state index contributed by atoms with van der Waals surface area (Å²) in [6, 6.07) is 14.3. The molecule has 2 aliphatic rings. The highest BCUT2D eigenvalue weighted by Crippen LogP contribution is 2.40. The van der Waals surface area contributed by atoms with Crippen LogP contribution in [0, 0.1) is 11.6 Å².